The molecule has 0 amide bonds. The fourth-order valence-corrected chi connectivity index (χ4v) is 3.52. The highest BCUT2D eigenvalue weighted by molar-refractivity contribution is 9.10. The zero-order valence-electron chi connectivity index (χ0n) is 11.0. The van der Waals surface area contributed by atoms with Crippen molar-refractivity contribution in [3.05, 3.63) is 56.8 Å². The molecule has 0 spiro atoms. The first-order valence-electron chi connectivity index (χ1n) is 6.31. The number of halogens is 1. The highest BCUT2D eigenvalue weighted by atomic mass is 79.9. The van der Waals surface area contributed by atoms with Crippen LogP contribution in [-0.2, 0) is 6.54 Å². The molecule has 0 unspecified atom stereocenters. The van der Waals surface area contributed by atoms with Crippen molar-refractivity contribution >= 4 is 33.0 Å². The molecule has 0 radical (unpaired) electrons. The zero-order valence-corrected chi connectivity index (χ0v) is 13.4. The molecule has 0 bridgehead atoms. The van der Waals surface area contributed by atoms with Gasteiger partial charge in [-0.25, -0.2) is 0 Å². The van der Waals surface area contributed by atoms with E-state index in [9.17, 15) is 0 Å². The second-order valence-corrected chi connectivity index (χ2v) is 6.71. The molecule has 1 aromatic carbocycles. The van der Waals surface area contributed by atoms with Gasteiger partial charge in [0.05, 0.1) is 5.69 Å². The van der Waals surface area contributed by atoms with Crippen LogP contribution in [0, 0.1) is 6.92 Å². The van der Waals surface area contributed by atoms with Crippen LogP contribution in [0.1, 0.15) is 9.75 Å². The quantitative estimate of drug-likeness (QED) is 0.710. The molecule has 2 N–H and O–H groups in total. The average Bonchev–Trinajstić information content (AvgIpc) is 3.08. The summed E-state index contributed by atoms with van der Waals surface area (Å²) in [6.45, 7) is 2.97. The van der Waals surface area contributed by atoms with Gasteiger partial charge in [0.25, 0.3) is 0 Å². The standard InChI is InChI=1S/C15H14BrN3S/c1-10-14(16)8-13(20-10)9-17-12-4-2-11(3-5-12)15-6-7-18-19-15/h2-8,17H,9H2,1H3,(H,18,19). The first kappa shape index (κ1) is 13.4. The van der Waals surface area contributed by atoms with Crippen molar-refractivity contribution in [2.75, 3.05) is 5.32 Å². The predicted molar refractivity (Wildman–Crippen MR) is 88.1 cm³/mol. The van der Waals surface area contributed by atoms with Crippen molar-refractivity contribution in [2.24, 2.45) is 0 Å². The highest BCUT2D eigenvalue weighted by Crippen LogP contribution is 2.27. The lowest BCUT2D eigenvalue weighted by atomic mass is 10.1. The van der Waals surface area contributed by atoms with Gasteiger partial charge < -0.3 is 5.32 Å². The molecule has 0 fully saturated rings. The number of aryl methyl sites for hydroxylation is 1. The molecule has 0 aliphatic carbocycles. The van der Waals surface area contributed by atoms with E-state index < -0.39 is 0 Å². The average molecular weight is 348 g/mol. The van der Waals surface area contributed by atoms with Crippen LogP contribution < -0.4 is 5.32 Å². The zero-order chi connectivity index (χ0) is 13.9. The van der Waals surface area contributed by atoms with E-state index in [2.05, 4.69) is 68.7 Å². The topological polar surface area (TPSA) is 40.7 Å². The Kier molecular flexibility index (Phi) is 3.89. The maximum atomic E-state index is 3.96. The van der Waals surface area contributed by atoms with Crippen molar-refractivity contribution in [3.63, 3.8) is 0 Å². The number of aromatic nitrogens is 2. The Hall–Kier alpha value is -1.59. The number of hydrogen-bond acceptors (Lipinski definition) is 3. The lowest BCUT2D eigenvalue weighted by molar-refractivity contribution is 1.09. The fraction of sp³-hybridized carbons (Fsp3) is 0.133. The number of anilines is 1. The molecule has 2 heterocycles. The molecule has 3 nitrogen and oxygen atoms in total. The number of hydrogen-bond donors (Lipinski definition) is 2. The fourth-order valence-electron chi connectivity index (χ4n) is 1.98. The second-order valence-electron chi connectivity index (χ2n) is 4.52. The summed E-state index contributed by atoms with van der Waals surface area (Å²) in [5, 5.41) is 10.4. The molecule has 0 atom stereocenters. The van der Waals surface area contributed by atoms with Gasteiger partial charge in [0.1, 0.15) is 0 Å². The predicted octanol–water partition coefficient (Wildman–Crippen LogP) is 4.82. The molecule has 0 saturated carbocycles. The van der Waals surface area contributed by atoms with E-state index in [0.717, 1.165) is 23.5 Å². The lowest BCUT2D eigenvalue weighted by Gasteiger charge is -2.05. The minimum absolute atomic E-state index is 0.848. The van der Waals surface area contributed by atoms with E-state index in [0.29, 0.717) is 0 Å². The van der Waals surface area contributed by atoms with Crippen molar-refractivity contribution in [1.82, 2.24) is 10.2 Å². The molecule has 0 aliphatic heterocycles. The molecule has 3 aromatic rings. The van der Waals surface area contributed by atoms with Gasteiger partial charge in [-0.3, -0.25) is 5.10 Å². The van der Waals surface area contributed by atoms with Gasteiger partial charge >= 0.3 is 0 Å². The minimum Gasteiger partial charge on any atom is -0.380 e. The monoisotopic (exact) mass is 347 g/mol. The maximum absolute atomic E-state index is 3.96. The summed E-state index contributed by atoms with van der Waals surface area (Å²) in [4.78, 5) is 2.64. The number of nitrogens with zero attached hydrogens (tertiary/aromatic N) is 1. The third-order valence-electron chi connectivity index (χ3n) is 3.07. The number of nitrogens with one attached hydrogen (secondary N) is 2. The van der Waals surface area contributed by atoms with Gasteiger partial charge in [0, 0.05) is 32.7 Å². The molecule has 0 saturated heterocycles. The van der Waals surface area contributed by atoms with Gasteiger partial charge in [-0.05, 0) is 52.7 Å². The number of H-pyrrole nitrogens is 1. The van der Waals surface area contributed by atoms with Crippen LogP contribution in [0.4, 0.5) is 5.69 Å². The van der Waals surface area contributed by atoms with E-state index in [1.54, 1.807) is 6.20 Å². The first-order valence-corrected chi connectivity index (χ1v) is 7.92. The van der Waals surface area contributed by atoms with Gasteiger partial charge in [0.15, 0.2) is 0 Å². The van der Waals surface area contributed by atoms with Crippen LogP contribution >= 0.6 is 27.3 Å². The first-order chi connectivity index (χ1) is 9.72. The Morgan fingerprint density at radius 2 is 2.05 bits per heavy atom. The summed E-state index contributed by atoms with van der Waals surface area (Å²) in [5.74, 6) is 0. The van der Waals surface area contributed by atoms with Crippen LogP contribution in [0.5, 0.6) is 0 Å². The van der Waals surface area contributed by atoms with E-state index in [1.165, 1.54) is 14.2 Å². The number of benzene rings is 1. The molecular formula is C15H14BrN3S. The summed E-state index contributed by atoms with van der Waals surface area (Å²) in [6.07, 6.45) is 1.76. The number of rotatable bonds is 4. The third-order valence-corrected chi connectivity index (χ3v) is 5.21. The van der Waals surface area contributed by atoms with Crippen molar-refractivity contribution in [2.45, 2.75) is 13.5 Å². The number of thiophene rings is 1. The SMILES string of the molecule is Cc1sc(CNc2ccc(-c3ccn[nH]3)cc2)cc1Br. The van der Waals surface area contributed by atoms with Gasteiger partial charge in [-0.2, -0.15) is 5.10 Å². The Morgan fingerprint density at radius 1 is 1.25 bits per heavy atom. The van der Waals surface area contributed by atoms with E-state index in [1.807, 2.05) is 17.4 Å². The van der Waals surface area contributed by atoms with Crippen LogP contribution in [-0.4, -0.2) is 10.2 Å². The second kappa shape index (κ2) is 5.81. The minimum atomic E-state index is 0.848. The maximum Gasteiger partial charge on any atom is 0.0650 e. The van der Waals surface area contributed by atoms with Crippen LogP contribution in [0.3, 0.4) is 0 Å². The Bertz CT molecular complexity index is 667. The normalized spacial score (nSPS) is 10.7. The Balaban J connectivity index is 1.66. The number of aromatic amines is 1. The van der Waals surface area contributed by atoms with E-state index in [4.69, 9.17) is 0 Å². The van der Waals surface area contributed by atoms with Crippen LogP contribution in [0.25, 0.3) is 11.3 Å². The molecule has 0 aliphatic rings. The third kappa shape index (κ3) is 2.94. The van der Waals surface area contributed by atoms with E-state index >= 15 is 0 Å². The van der Waals surface area contributed by atoms with Gasteiger partial charge in [0.2, 0.25) is 0 Å². The largest absolute Gasteiger partial charge is 0.380 e. The molecule has 3 rings (SSSR count). The molecule has 20 heavy (non-hydrogen) atoms. The van der Waals surface area contributed by atoms with Crippen molar-refractivity contribution < 1.29 is 0 Å². The van der Waals surface area contributed by atoms with Crippen molar-refractivity contribution in [1.29, 1.82) is 0 Å². The van der Waals surface area contributed by atoms with Crippen LogP contribution in [0.2, 0.25) is 0 Å². The summed E-state index contributed by atoms with van der Waals surface area (Å²) in [6, 6.07) is 12.5. The lowest BCUT2D eigenvalue weighted by Crippen LogP contribution is -1.96. The Morgan fingerprint density at radius 3 is 2.65 bits per heavy atom. The van der Waals surface area contributed by atoms with Crippen molar-refractivity contribution in [3.8, 4) is 11.3 Å². The Labute approximate surface area is 130 Å². The van der Waals surface area contributed by atoms with E-state index in [-0.39, 0.29) is 0 Å². The molecule has 5 heteroatoms. The summed E-state index contributed by atoms with van der Waals surface area (Å²) in [7, 11) is 0. The van der Waals surface area contributed by atoms with Crippen LogP contribution in [0.15, 0.2) is 47.1 Å². The summed E-state index contributed by atoms with van der Waals surface area (Å²) in [5.41, 5.74) is 3.30. The smallest absolute Gasteiger partial charge is 0.0650 e. The highest BCUT2D eigenvalue weighted by Gasteiger charge is 2.03. The van der Waals surface area contributed by atoms with Gasteiger partial charge in [-0.1, -0.05) is 12.1 Å². The van der Waals surface area contributed by atoms with Gasteiger partial charge in [-0.15, -0.1) is 11.3 Å². The summed E-state index contributed by atoms with van der Waals surface area (Å²) < 4.78 is 1.19. The molecule has 2 aromatic heterocycles. The molecular weight excluding hydrogens is 334 g/mol. The summed E-state index contributed by atoms with van der Waals surface area (Å²) >= 11 is 5.36. The molecule has 102 valence electrons.